The highest BCUT2D eigenvalue weighted by Gasteiger charge is 2.08. The summed E-state index contributed by atoms with van der Waals surface area (Å²) in [5.41, 5.74) is 2.71. The second-order valence-electron chi connectivity index (χ2n) is 5.75. The molecular weight excluding hydrogens is 288 g/mol. The number of nitrogens with one attached hydrogen (secondary N) is 1. The number of amides is 1. The van der Waals surface area contributed by atoms with Gasteiger partial charge in [0.25, 0.3) is 5.91 Å². The second kappa shape index (κ2) is 6.57. The van der Waals surface area contributed by atoms with Crippen LogP contribution in [0.3, 0.4) is 0 Å². The number of nitrogens with zero attached hydrogens (tertiary/aromatic N) is 1. The Kier molecular flexibility index (Phi) is 4.33. The van der Waals surface area contributed by atoms with Crippen LogP contribution < -0.4 is 10.1 Å². The minimum atomic E-state index is -0.0730. The molecule has 23 heavy (non-hydrogen) atoms. The summed E-state index contributed by atoms with van der Waals surface area (Å²) in [6, 6.07) is 15.5. The van der Waals surface area contributed by atoms with Crippen molar-refractivity contribution in [2.45, 2.75) is 26.5 Å². The minimum absolute atomic E-state index is 0.0730. The van der Waals surface area contributed by atoms with Crippen LogP contribution in [0.25, 0.3) is 5.52 Å². The van der Waals surface area contributed by atoms with Crippen molar-refractivity contribution in [3.63, 3.8) is 0 Å². The molecule has 0 aliphatic heterocycles. The largest absolute Gasteiger partial charge is 0.491 e. The first-order chi connectivity index (χ1) is 11.1. The summed E-state index contributed by atoms with van der Waals surface area (Å²) in [5, 5.41) is 2.94. The van der Waals surface area contributed by atoms with Gasteiger partial charge in [0.15, 0.2) is 0 Å². The van der Waals surface area contributed by atoms with Gasteiger partial charge < -0.3 is 14.5 Å². The van der Waals surface area contributed by atoms with E-state index in [9.17, 15) is 4.79 Å². The van der Waals surface area contributed by atoms with E-state index in [-0.39, 0.29) is 12.0 Å². The number of benzene rings is 1. The van der Waals surface area contributed by atoms with E-state index >= 15 is 0 Å². The molecule has 1 N–H and O–H groups in total. The van der Waals surface area contributed by atoms with Crippen molar-refractivity contribution >= 4 is 11.4 Å². The molecule has 2 heterocycles. The topological polar surface area (TPSA) is 42.7 Å². The first-order valence-electron chi connectivity index (χ1n) is 7.72. The first-order valence-corrected chi connectivity index (χ1v) is 7.72. The first kappa shape index (κ1) is 15.2. The van der Waals surface area contributed by atoms with Crippen LogP contribution in [0.1, 0.15) is 29.8 Å². The van der Waals surface area contributed by atoms with Crippen LogP contribution in [0.4, 0.5) is 0 Å². The van der Waals surface area contributed by atoms with Gasteiger partial charge in [-0.2, -0.15) is 0 Å². The lowest BCUT2D eigenvalue weighted by atomic mass is 10.2. The van der Waals surface area contributed by atoms with Crippen molar-refractivity contribution in [3.05, 3.63) is 72.1 Å². The summed E-state index contributed by atoms with van der Waals surface area (Å²) in [4.78, 5) is 12.3. The van der Waals surface area contributed by atoms with Crippen molar-refractivity contribution in [1.82, 2.24) is 9.72 Å². The van der Waals surface area contributed by atoms with Gasteiger partial charge in [0.1, 0.15) is 5.75 Å². The van der Waals surface area contributed by atoms with Crippen LogP contribution in [0.15, 0.2) is 60.9 Å². The Morgan fingerprint density at radius 2 is 1.96 bits per heavy atom. The number of hydrogen-bond acceptors (Lipinski definition) is 2. The molecule has 0 bridgehead atoms. The zero-order valence-electron chi connectivity index (χ0n) is 13.3. The van der Waals surface area contributed by atoms with Gasteiger partial charge in [-0.1, -0.05) is 18.2 Å². The Hall–Kier alpha value is -2.75. The van der Waals surface area contributed by atoms with E-state index in [4.69, 9.17) is 4.74 Å². The number of carbonyl (C=O) groups excluding carboxylic acids is 1. The fraction of sp³-hybridized carbons (Fsp3) is 0.211. The molecule has 3 rings (SSSR count). The monoisotopic (exact) mass is 308 g/mol. The third-order valence-corrected chi connectivity index (χ3v) is 3.51. The van der Waals surface area contributed by atoms with E-state index in [1.54, 1.807) is 0 Å². The molecule has 4 heteroatoms. The summed E-state index contributed by atoms with van der Waals surface area (Å²) in [5.74, 6) is 0.768. The van der Waals surface area contributed by atoms with Crippen molar-refractivity contribution in [1.29, 1.82) is 0 Å². The average molecular weight is 308 g/mol. The Morgan fingerprint density at radius 1 is 1.17 bits per heavy atom. The van der Waals surface area contributed by atoms with Crippen LogP contribution in [-0.4, -0.2) is 16.4 Å². The summed E-state index contributed by atoms with van der Waals surface area (Å²) in [6.07, 6.45) is 3.92. The summed E-state index contributed by atoms with van der Waals surface area (Å²) in [7, 11) is 0. The lowest BCUT2D eigenvalue weighted by Gasteiger charge is -2.10. The molecule has 0 atom stereocenters. The van der Waals surface area contributed by atoms with E-state index in [2.05, 4.69) is 5.32 Å². The molecule has 2 aromatic heterocycles. The SMILES string of the molecule is CC(C)Oc1ccc(CNC(=O)c2cc3ccccn3c2)cc1. The number of aromatic nitrogens is 1. The number of hydrogen-bond donors (Lipinski definition) is 1. The predicted molar refractivity (Wildman–Crippen MR) is 90.8 cm³/mol. The number of pyridine rings is 1. The zero-order valence-corrected chi connectivity index (χ0v) is 13.3. The Morgan fingerprint density at radius 3 is 2.65 bits per heavy atom. The summed E-state index contributed by atoms with van der Waals surface area (Å²) in [6.45, 7) is 4.49. The molecule has 0 unspecified atom stereocenters. The summed E-state index contributed by atoms with van der Waals surface area (Å²) >= 11 is 0. The van der Waals surface area contributed by atoms with Gasteiger partial charge >= 0.3 is 0 Å². The molecule has 0 saturated carbocycles. The highest BCUT2D eigenvalue weighted by molar-refractivity contribution is 5.95. The summed E-state index contributed by atoms with van der Waals surface area (Å²) < 4.78 is 7.55. The van der Waals surface area contributed by atoms with Gasteiger partial charge in [-0.25, -0.2) is 0 Å². The molecule has 4 nitrogen and oxygen atoms in total. The quantitative estimate of drug-likeness (QED) is 0.781. The van der Waals surface area contributed by atoms with Crippen LogP contribution in [-0.2, 0) is 6.54 Å². The molecule has 0 fully saturated rings. The maximum atomic E-state index is 12.3. The van der Waals surface area contributed by atoms with Crippen LogP contribution >= 0.6 is 0 Å². The van der Waals surface area contributed by atoms with Gasteiger partial charge in [0.2, 0.25) is 0 Å². The van der Waals surface area contributed by atoms with E-state index in [1.165, 1.54) is 0 Å². The highest BCUT2D eigenvalue weighted by Crippen LogP contribution is 2.14. The lowest BCUT2D eigenvalue weighted by molar-refractivity contribution is 0.0951. The lowest BCUT2D eigenvalue weighted by Crippen LogP contribution is -2.22. The number of ether oxygens (including phenoxy) is 1. The fourth-order valence-corrected chi connectivity index (χ4v) is 2.42. The van der Waals surface area contributed by atoms with Crippen molar-refractivity contribution in [2.75, 3.05) is 0 Å². The maximum Gasteiger partial charge on any atom is 0.253 e. The molecular formula is C19H20N2O2. The third kappa shape index (κ3) is 3.72. The standard InChI is InChI=1S/C19H20N2O2/c1-14(2)23-18-8-6-15(7-9-18)12-20-19(22)16-11-17-5-3-4-10-21(17)13-16/h3-11,13-14H,12H2,1-2H3,(H,20,22). The molecule has 3 aromatic rings. The molecule has 0 aliphatic carbocycles. The van der Waals surface area contributed by atoms with Gasteiger partial charge in [0, 0.05) is 24.5 Å². The van der Waals surface area contributed by atoms with Gasteiger partial charge in [-0.15, -0.1) is 0 Å². The van der Waals surface area contributed by atoms with E-state index in [0.29, 0.717) is 12.1 Å². The smallest absolute Gasteiger partial charge is 0.253 e. The molecule has 0 radical (unpaired) electrons. The third-order valence-electron chi connectivity index (χ3n) is 3.51. The second-order valence-corrected chi connectivity index (χ2v) is 5.75. The van der Waals surface area contributed by atoms with Crippen molar-refractivity contribution in [2.24, 2.45) is 0 Å². The number of carbonyl (C=O) groups is 1. The van der Waals surface area contributed by atoms with E-state index < -0.39 is 0 Å². The van der Waals surface area contributed by atoms with Crippen molar-refractivity contribution < 1.29 is 9.53 Å². The molecule has 1 amide bonds. The Balaban J connectivity index is 1.62. The molecule has 0 saturated heterocycles. The molecule has 0 aliphatic rings. The number of fused-ring (bicyclic) bond motifs is 1. The van der Waals surface area contributed by atoms with Gasteiger partial charge in [-0.05, 0) is 49.7 Å². The maximum absolute atomic E-state index is 12.3. The molecule has 0 spiro atoms. The van der Waals surface area contributed by atoms with Crippen molar-refractivity contribution in [3.8, 4) is 5.75 Å². The van der Waals surface area contributed by atoms with Crippen LogP contribution in [0, 0.1) is 0 Å². The minimum Gasteiger partial charge on any atom is -0.491 e. The average Bonchev–Trinajstić information content (AvgIpc) is 2.97. The van der Waals surface area contributed by atoms with E-state index in [1.807, 2.05) is 79.2 Å². The highest BCUT2D eigenvalue weighted by atomic mass is 16.5. The van der Waals surface area contributed by atoms with Gasteiger partial charge in [-0.3, -0.25) is 4.79 Å². The van der Waals surface area contributed by atoms with E-state index in [0.717, 1.165) is 16.8 Å². The van der Waals surface area contributed by atoms with Crippen LogP contribution in [0.5, 0.6) is 5.75 Å². The normalized spacial score (nSPS) is 10.9. The predicted octanol–water partition coefficient (Wildman–Crippen LogP) is 3.66. The van der Waals surface area contributed by atoms with Gasteiger partial charge in [0.05, 0.1) is 11.7 Å². The fourth-order valence-electron chi connectivity index (χ4n) is 2.42. The molecule has 1 aromatic carbocycles. The zero-order chi connectivity index (χ0) is 16.2. The Labute approximate surface area is 135 Å². The Bertz CT molecular complexity index is 771. The van der Waals surface area contributed by atoms with Crippen LogP contribution in [0.2, 0.25) is 0 Å². The number of rotatable bonds is 5. The molecule has 118 valence electrons.